The van der Waals surface area contributed by atoms with Crippen LogP contribution in [0.5, 0.6) is 0 Å². The van der Waals surface area contributed by atoms with Gasteiger partial charge in [-0.05, 0) is 44.3 Å². The Morgan fingerprint density at radius 1 is 1.32 bits per heavy atom. The van der Waals surface area contributed by atoms with Gasteiger partial charge >= 0.3 is 0 Å². The van der Waals surface area contributed by atoms with Gasteiger partial charge in [0.1, 0.15) is 18.0 Å². The first kappa shape index (κ1) is 14.3. The maximum atomic E-state index is 10.5. The Hall–Kier alpha value is -1.26. The van der Waals surface area contributed by atoms with E-state index in [9.17, 15) is 5.11 Å². The van der Waals surface area contributed by atoms with Gasteiger partial charge < -0.3 is 19.5 Å². The SMILES string of the molecule is COC1=C2CC(C=C1)C[C@@H]1[C@@H]3C=CC(O)[C@H](O2)[C@H]3CCN1C. The van der Waals surface area contributed by atoms with Gasteiger partial charge in [-0.15, -0.1) is 0 Å². The normalized spacial score (nSPS) is 44.0. The fraction of sp³-hybridized carbons (Fsp3) is 0.667. The van der Waals surface area contributed by atoms with E-state index in [-0.39, 0.29) is 6.10 Å². The van der Waals surface area contributed by atoms with Crippen LogP contribution in [0.15, 0.2) is 35.8 Å². The van der Waals surface area contributed by atoms with Crippen molar-refractivity contribution < 1.29 is 14.6 Å². The van der Waals surface area contributed by atoms with Gasteiger partial charge in [-0.3, -0.25) is 0 Å². The van der Waals surface area contributed by atoms with Crippen LogP contribution >= 0.6 is 0 Å². The summed E-state index contributed by atoms with van der Waals surface area (Å²) in [4.78, 5) is 2.49. The van der Waals surface area contributed by atoms with Crippen LogP contribution in [-0.4, -0.2) is 49.0 Å². The summed E-state index contributed by atoms with van der Waals surface area (Å²) in [6, 6.07) is 0.534. The number of methoxy groups -OCH3 is 1. The van der Waals surface area contributed by atoms with E-state index in [0.29, 0.717) is 23.8 Å². The van der Waals surface area contributed by atoms with Crippen molar-refractivity contribution in [3.63, 3.8) is 0 Å². The molecular formula is C18H25NO3. The molecule has 0 aromatic heterocycles. The molecule has 4 rings (SSSR count). The van der Waals surface area contributed by atoms with Crippen LogP contribution in [-0.2, 0) is 9.47 Å². The quantitative estimate of drug-likeness (QED) is 0.753. The molecule has 4 heteroatoms. The summed E-state index contributed by atoms with van der Waals surface area (Å²) in [5.41, 5.74) is 0. The molecule has 1 N–H and O–H groups in total. The minimum Gasteiger partial charge on any atom is -0.493 e. The maximum Gasteiger partial charge on any atom is 0.156 e. The van der Waals surface area contributed by atoms with Crippen LogP contribution in [0, 0.1) is 17.8 Å². The molecule has 4 aliphatic rings. The highest BCUT2D eigenvalue weighted by Crippen LogP contribution is 2.44. The molecule has 6 bridgehead atoms. The Labute approximate surface area is 132 Å². The third-order valence-corrected chi connectivity index (χ3v) is 5.89. The summed E-state index contributed by atoms with van der Waals surface area (Å²) in [7, 11) is 3.92. The number of aliphatic hydroxyl groups excluding tert-OH is 1. The highest BCUT2D eigenvalue weighted by Gasteiger charge is 2.46. The highest BCUT2D eigenvalue weighted by atomic mass is 16.5. The third-order valence-electron chi connectivity index (χ3n) is 5.89. The molecule has 0 amide bonds. The molecule has 2 saturated heterocycles. The van der Waals surface area contributed by atoms with Crippen molar-refractivity contribution >= 4 is 0 Å². The monoisotopic (exact) mass is 303 g/mol. The molecule has 6 atom stereocenters. The maximum absolute atomic E-state index is 10.5. The Bertz CT molecular complexity index is 538. The Balaban J connectivity index is 1.77. The third kappa shape index (κ3) is 2.20. The molecule has 0 spiro atoms. The number of nitrogens with zero attached hydrogens (tertiary/aromatic N) is 1. The minimum atomic E-state index is -0.515. The number of allylic oxidation sites excluding steroid dienone is 3. The Kier molecular flexibility index (Phi) is 3.54. The molecule has 120 valence electrons. The molecule has 2 aliphatic carbocycles. The fourth-order valence-electron chi connectivity index (χ4n) is 4.69. The average Bonchev–Trinajstić information content (AvgIpc) is 2.54. The lowest BCUT2D eigenvalue weighted by Crippen LogP contribution is -2.53. The molecule has 2 fully saturated rings. The molecule has 0 aromatic rings. The molecule has 22 heavy (non-hydrogen) atoms. The predicted octanol–water partition coefficient (Wildman–Crippen LogP) is 2.08. The van der Waals surface area contributed by atoms with Crippen LogP contribution in [0.2, 0.25) is 0 Å². The average molecular weight is 303 g/mol. The van der Waals surface area contributed by atoms with Crippen molar-refractivity contribution in [3.8, 4) is 0 Å². The summed E-state index contributed by atoms with van der Waals surface area (Å²) in [5, 5.41) is 10.5. The standard InChI is InChI=1S/C18H25NO3/c1-19-8-7-13-12-4-5-15(20)18(13)22-17-10-11(9-14(12)19)3-6-16(17)21-2/h3-6,11-15,18,20H,7-10H2,1-2H3/t11?,12-,13+,14-,15?,18-/m1/s1. The van der Waals surface area contributed by atoms with E-state index >= 15 is 0 Å². The number of hydrogen-bond donors (Lipinski definition) is 1. The lowest BCUT2D eigenvalue weighted by atomic mass is 9.70. The lowest BCUT2D eigenvalue weighted by Gasteiger charge is -2.47. The smallest absolute Gasteiger partial charge is 0.156 e. The molecule has 4 nitrogen and oxygen atoms in total. The Morgan fingerprint density at radius 3 is 3.00 bits per heavy atom. The van der Waals surface area contributed by atoms with E-state index in [1.165, 1.54) is 0 Å². The zero-order valence-electron chi connectivity index (χ0n) is 13.3. The van der Waals surface area contributed by atoms with Crippen LogP contribution in [0.25, 0.3) is 0 Å². The molecule has 0 saturated carbocycles. The van der Waals surface area contributed by atoms with E-state index in [2.05, 4.69) is 24.1 Å². The number of aliphatic hydroxyl groups is 1. The number of ether oxygens (including phenoxy) is 2. The number of likely N-dealkylation sites (tertiary alicyclic amines) is 1. The zero-order chi connectivity index (χ0) is 15.3. The summed E-state index contributed by atoms with van der Waals surface area (Å²) >= 11 is 0. The summed E-state index contributed by atoms with van der Waals surface area (Å²) in [6.07, 6.45) is 10.9. The fourth-order valence-corrected chi connectivity index (χ4v) is 4.69. The van der Waals surface area contributed by atoms with Gasteiger partial charge in [0.25, 0.3) is 0 Å². The van der Waals surface area contributed by atoms with Crippen LogP contribution < -0.4 is 0 Å². The summed E-state index contributed by atoms with van der Waals surface area (Å²) in [6.45, 7) is 1.08. The van der Waals surface area contributed by atoms with Crippen LogP contribution in [0.3, 0.4) is 0 Å². The van der Waals surface area contributed by atoms with Crippen molar-refractivity contribution in [2.75, 3.05) is 20.7 Å². The van der Waals surface area contributed by atoms with E-state index in [0.717, 1.165) is 37.3 Å². The van der Waals surface area contributed by atoms with Gasteiger partial charge in [0, 0.05) is 18.4 Å². The van der Waals surface area contributed by atoms with Gasteiger partial charge in [0.2, 0.25) is 0 Å². The Morgan fingerprint density at radius 2 is 2.18 bits per heavy atom. The van der Waals surface area contributed by atoms with E-state index in [4.69, 9.17) is 9.47 Å². The molecular weight excluding hydrogens is 278 g/mol. The minimum absolute atomic E-state index is 0.142. The van der Waals surface area contributed by atoms with Crippen molar-refractivity contribution in [2.24, 2.45) is 17.8 Å². The number of piperidine rings is 1. The van der Waals surface area contributed by atoms with E-state index < -0.39 is 6.10 Å². The van der Waals surface area contributed by atoms with E-state index in [1.807, 2.05) is 12.2 Å². The predicted molar refractivity (Wildman–Crippen MR) is 83.9 cm³/mol. The number of fused-ring (bicyclic) bond motifs is 2. The molecule has 0 radical (unpaired) electrons. The summed E-state index contributed by atoms with van der Waals surface area (Å²) < 4.78 is 11.8. The first-order chi connectivity index (χ1) is 10.7. The van der Waals surface area contributed by atoms with Crippen molar-refractivity contribution in [3.05, 3.63) is 35.8 Å². The van der Waals surface area contributed by atoms with Crippen LogP contribution in [0.1, 0.15) is 19.3 Å². The second kappa shape index (κ2) is 5.43. The highest BCUT2D eigenvalue weighted by molar-refractivity contribution is 5.25. The van der Waals surface area contributed by atoms with Crippen molar-refractivity contribution in [1.29, 1.82) is 0 Å². The largest absolute Gasteiger partial charge is 0.493 e. The van der Waals surface area contributed by atoms with E-state index in [1.54, 1.807) is 7.11 Å². The lowest BCUT2D eigenvalue weighted by molar-refractivity contribution is -0.0669. The molecule has 0 aromatic carbocycles. The van der Waals surface area contributed by atoms with Gasteiger partial charge in [-0.2, -0.15) is 0 Å². The molecule has 2 aliphatic heterocycles. The second-order valence-electron chi connectivity index (χ2n) is 7.09. The number of hydrogen-bond acceptors (Lipinski definition) is 4. The van der Waals surface area contributed by atoms with Gasteiger partial charge in [-0.1, -0.05) is 18.2 Å². The van der Waals surface area contributed by atoms with Gasteiger partial charge in [0.15, 0.2) is 5.76 Å². The first-order valence-corrected chi connectivity index (χ1v) is 8.36. The second-order valence-corrected chi connectivity index (χ2v) is 7.09. The summed E-state index contributed by atoms with van der Waals surface area (Å²) in [5.74, 6) is 3.10. The molecule has 2 heterocycles. The zero-order valence-corrected chi connectivity index (χ0v) is 13.3. The van der Waals surface area contributed by atoms with Gasteiger partial charge in [0.05, 0.1) is 7.11 Å². The van der Waals surface area contributed by atoms with Crippen molar-refractivity contribution in [2.45, 2.75) is 37.5 Å². The van der Waals surface area contributed by atoms with Crippen molar-refractivity contribution in [1.82, 2.24) is 4.90 Å². The van der Waals surface area contributed by atoms with Crippen LogP contribution in [0.4, 0.5) is 0 Å². The van der Waals surface area contributed by atoms with Gasteiger partial charge in [-0.25, -0.2) is 0 Å². The topological polar surface area (TPSA) is 41.9 Å². The number of rotatable bonds is 1. The molecule has 2 unspecified atom stereocenters. The first-order valence-electron chi connectivity index (χ1n) is 8.36.